The first-order valence-corrected chi connectivity index (χ1v) is 8.57. The van der Waals surface area contributed by atoms with E-state index in [-0.39, 0.29) is 37.1 Å². The highest BCUT2D eigenvalue weighted by Gasteiger charge is 2.06. The fraction of sp³-hybridized carbons (Fsp3) is 0.143. The minimum Gasteiger partial charge on any atom is -0.508 e. The van der Waals surface area contributed by atoms with Crippen LogP contribution in [0.3, 0.4) is 0 Å². The summed E-state index contributed by atoms with van der Waals surface area (Å²) in [5.74, 6) is -1.58. The van der Waals surface area contributed by atoms with Gasteiger partial charge in [-0.05, 0) is 53.1 Å². The summed E-state index contributed by atoms with van der Waals surface area (Å²) in [5, 5.41) is 78.8. The molecule has 0 heterocycles. The van der Waals surface area contributed by atoms with Crippen LogP contribution in [0.15, 0.2) is 54.6 Å². The van der Waals surface area contributed by atoms with Gasteiger partial charge in [0.1, 0.15) is 5.75 Å². The van der Waals surface area contributed by atoms with E-state index in [4.69, 9.17) is 46.0 Å². The van der Waals surface area contributed by atoms with Crippen LogP contribution in [0.25, 0.3) is 0 Å². The molecule has 30 heavy (non-hydrogen) atoms. The highest BCUT2D eigenvalue weighted by Crippen LogP contribution is 2.35. The Hall–Kier alpha value is -3.66. The monoisotopic (exact) mass is 420 g/mol. The molecule has 0 spiro atoms. The van der Waals surface area contributed by atoms with Crippen molar-refractivity contribution >= 4 is 0 Å². The number of hydrogen-bond donors (Lipinski definition) is 9. The number of rotatable bonds is 3. The molecule has 0 unspecified atom stereocenters. The maximum absolute atomic E-state index is 8.89. The summed E-state index contributed by atoms with van der Waals surface area (Å²) in [7, 11) is 0. The van der Waals surface area contributed by atoms with Gasteiger partial charge in [-0.1, -0.05) is 18.2 Å². The zero-order chi connectivity index (χ0) is 22.7. The van der Waals surface area contributed by atoms with Gasteiger partial charge in [0.15, 0.2) is 28.7 Å². The molecule has 0 atom stereocenters. The molecule has 0 fully saturated rings. The van der Waals surface area contributed by atoms with Crippen LogP contribution in [0, 0.1) is 0 Å². The molecule has 0 saturated heterocycles. The maximum Gasteiger partial charge on any atom is 0.200 e. The van der Waals surface area contributed by atoms with E-state index in [0.717, 1.165) is 5.56 Å². The summed E-state index contributed by atoms with van der Waals surface area (Å²) >= 11 is 0. The number of aliphatic hydroxyl groups excluding tert-OH is 3. The van der Waals surface area contributed by atoms with Crippen LogP contribution in [0.1, 0.15) is 16.7 Å². The summed E-state index contributed by atoms with van der Waals surface area (Å²) in [6.45, 7) is -0.393. The van der Waals surface area contributed by atoms with Gasteiger partial charge in [0.25, 0.3) is 0 Å². The molecule has 0 radical (unpaired) electrons. The molecule has 9 nitrogen and oxygen atoms in total. The van der Waals surface area contributed by atoms with Gasteiger partial charge in [-0.3, -0.25) is 0 Å². The van der Waals surface area contributed by atoms with Crippen molar-refractivity contribution in [2.24, 2.45) is 0 Å². The van der Waals surface area contributed by atoms with Crippen LogP contribution in [0.5, 0.6) is 34.5 Å². The van der Waals surface area contributed by atoms with Crippen LogP contribution >= 0.6 is 0 Å². The number of hydrogen-bond acceptors (Lipinski definition) is 9. The van der Waals surface area contributed by atoms with E-state index >= 15 is 0 Å². The van der Waals surface area contributed by atoms with E-state index in [0.29, 0.717) is 11.1 Å². The molecule has 0 bridgehead atoms. The summed E-state index contributed by atoms with van der Waals surface area (Å²) < 4.78 is 0. The van der Waals surface area contributed by atoms with Crippen molar-refractivity contribution in [2.75, 3.05) is 0 Å². The lowest BCUT2D eigenvalue weighted by Gasteiger charge is -2.02. The predicted octanol–water partition coefficient (Wildman–Crippen LogP) is 1.77. The molecular formula is C21H24O9. The van der Waals surface area contributed by atoms with Gasteiger partial charge in [0, 0.05) is 0 Å². The normalized spacial score (nSPS) is 9.70. The molecule has 0 aliphatic heterocycles. The first kappa shape index (κ1) is 24.4. The summed E-state index contributed by atoms with van der Waals surface area (Å²) in [5.41, 5.74) is 1.74. The van der Waals surface area contributed by atoms with Crippen LogP contribution in [0.2, 0.25) is 0 Å². The first-order chi connectivity index (χ1) is 14.2. The Kier molecular flexibility index (Phi) is 9.77. The van der Waals surface area contributed by atoms with Crippen LogP contribution in [0.4, 0.5) is 0 Å². The average Bonchev–Trinajstić information content (AvgIpc) is 2.75. The second kappa shape index (κ2) is 12.0. The molecule has 0 aromatic heterocycles. The molecule has 162 valence electrons. The van der Waals surface area contributed by atoms with E-state index < -0.39 is 17.2 Å². The average molecular weight is 420 g/mol. The zero-order valence-corrected chi connectivity index (χ0v) is 15.8. The Balaban J connectivity index is 0.000000226. The van der Waals surface area contributed by atoms with Gasteiger partial charge in [-0.15, -0.1) is 0 Å². The van der Waals surface area contributed by atoms with E-state index in [1.807, 2.05) is 0 Å². The van der Waals surface area contributed by atoms with Crippen molar-refractivity contribution in [3.05, 3.63) is 71.3 Å². The fourth-order valence-electron chi connectivity index (χ4n) is 2.02. The highest BCUT2D eigenvalue weighted by atomic mass is 16.3. The van der Waals surface area contributed by atoms with Crippen molar-refractivity contribution in [2.45, 2.75) is 19.8 Å². The Morgan fingerprint density at radius 1 is 0.433 bits per heavy atom. The SMILES string of the molecule is OCc1cc(O)c(O)c(O)c1.OCc1ccc(O)c(O)c1.OCc1ccc(O)cc1. The van der Waals surface area contributed by atoms with Crippen molar-refractivity contribution in [1.29, 1.82) is 0 Å². The van der Waals surface area contributed by atoms with Crippen molar-refractivity contribution in [3.8, 4) is 34.5 Å². The van der Waals surface area contributed by atoms with Crippen LogP contribution in [-0.4, -0.2) is 46.0 Å². The maximum atomic E-state index is 8.89. The zero-order valence-electron chi connectivity index (χ0n) is 15.8. The third-order valence-corrected chi connectivity index (χ3v) is 3.65. The van der Waals surface area contributed by atoms with Gasteiger partial charge in [0.2, 0.25) is 0 Å². The molecule has 3 rings (SSSR count). The third kappa shape index (κ3) is 7.76. The molecule has 3 aromatic rings. The lowest BCUT2D eigenvalue weighted by molar-refractivity contribution is 0.279. The number of aromatic hydroxyl groups is 6. The Morgan fingerprint density at radius 2 is 0.867 bits per heavy atom. The standard InChI is InChI=1S/C7H8O4.C7H8O3.C7H8O2/c8-3-4-1-5(9)7(11)6(10)2-4;8-4-5-1-2-6(9)7(10)3-5;8-5-6-1-3-7(9)4-2-6/h1-2,8-11H,3H2;1-3,8-10H,4H2;1-4,8-9H,5H2. The van der Waals surface area contributed by atoms with E-state index in [2.05, 4.69) is 0 Å². The molecule has 3 aromatic carbocycles. The van der Waals surface area contributed by atoms with Gasteiger partial charge in [0.05, 0.1) is 19.8 Å². The molecule has 9 N–H and O–H groups in total. The second-order valence-electron chi connectivity index (χ2n) is 5.95. The van der Waals surface area contributed by atoms with Gasteiger partial charge in [-0.25, -0.2) is 0 Å². The van der Waals surface area contributed by atoms with E-state index in [1.165, 1.54) is 30.3 Å². The van der Waals surface area contributed by atoms with Gasteiger partial charge in [-0.2, -0.15) is 0 Å². The fourth-order valence-corrected chi connectivity index (χ4v) is 2.02. The van der Waals surface area contributed by atoms with Crippen molar-refractivity contribution in [3.63, 3.8) is 0 Å². The predicted molar refractivity (Wildman–Crippen MR) is 107 cm³/mol. The highest BCUT2D eigenvalue weighted by molar-refractivity contribution is 5.50. The smallest absolute Gasteiger partial charge is 0.200 e. The molecule has 0 amide bonds. The summed E-state index contributed by atoms with van der Waals surface area (Å²) in [4.78, 5) is 0. The number of benzene rings is 3. The minimum atomic E-state index is -0.567. The van der Waals surface area contributed by atoms with Crippen LogP contribution in [-0.2, 0) is 19.8 Å². The number of phenols is 6. The summed E-state index contributed by atoms with van der Waals surface area (Å²) in [6.07, 6.45) is 0. The third-order valence-electron chi connectivity index (χ3n) is 3.65. The molecule has 0 aliphatic carbocycles. The van der Waals surface area contributed by atoms with E-state index in [1.54, 1.807) is 24.3 Å². The Bertz CT molecular complexity index is 901. The number of aliphatic hydroxyl groups is 3. The largest absolute Gasteiger partial charge is 0.508 e. The minimum absolute atomic E-state index is 0.0281. The molecule has 0 saturated carbocycles. The Morgan fingerprint density at radius 3 is 1.30 bits per heavy atom. The topological polar surface area (TPSA) is 182 Å². The lowest BCUT2D eigenvalue weighted by Crippen LogP contribution is -1.82. The second-order valence-corrected chi connectivity index (χ2v) is 5.95. The number of phenolic OH excluding ortho intramolecular Hbond substituents is 6. The van der Waals surface area contributed by atoms with Crippen molar-refractivity contribution < 1.29 is 46.0 Å². The van der Waals surface area contributed by atoms with Crippen molar-refractivity contribution in [1.82, 2.24) is 0 Å². The quantitative estimate of drug-likeness (QED) is 0.285. The van der Waals surface area contributed by atoms with Crippen LogP contribution < -0.4 is 0 Å². The molecule has 9 heteroatoms. The summed E-state index contributed by atoms with van der Waals surface area (Å²) in [6, 6.07) is 13.0. The van der Waals surface area contributed by atoms with E-state index in [9.17, 15) is 0 Å². The first-order valence-electron chi connectivity index (χ1n) is 8.57. The Labute approximate surface area is 172 Å². The molecule has 0 aliphatic rings. The van der Waals surface area contributed by atoms with Gasteiger partial charge < -0.3 is 46.0 Å². The van der Waals surface area contributed by atoms with Gasteiger partial charge >= 0.3 is 0 Å². The lowest BCUT2D eigenvalue weighted by atomic mass is 10.2. The molecular weight excluding hydrogens is 396 g/mol.